The molecule has 0 rings (SSSR count). The largest absolute Gasteiger partial charge is 0.481 e. The molecule has 4 heteroatoms. The van der Waals surface area contributed by atoms with Gasteiger partial charge in [-0.1, -0.05) is 52.9 Å². The van der Waals surface area contributed by atoms with Crippen molar-refractivity contribution in [2.24, 2.45) is 0 Å². The molecular formula is C16H34O3Si. The summed E-state index contributed by atoms with van der Waals surface area (Å²) < 4.78 is 6.14. The minimum atomic E-state index is -1.56. The van der Waals surface area contributed by atoms with Gasteiger partial charge in [-0.05, 0) is 31.0 Å². The third-order valence-electron chi connectivity index (χ3n) is 4.30. The van der Waals surface area contributed by atoms with Crippen molar-refractivity contribution in [3.63, 3.8) is 0 Å². The Balaban J connectivity index is 3.39. The van der Waals surface area contributed by atoms with Gasteiger partial charge >= 0.3 is 5.97 Å². The first kappa shape index (κ1) is 19.6. The van der Waals surface area contributed by atoms with Crippen LogP contribution in [0, 0.1) is 0 Å². The second-order valence-electron chi connectivity index (χ2n) is 7.23. The molecule has 0 fully saturated rings. The van der Waals surface area contributed by atoms with E-state index in [9.17, 15) is 4.79 Å². The Kier molecular flexibility index (Phi) is 9.39. The smallest absolute Gasteiger partial charge is 0.303 e. The maximum atomic E-state index is 10.3. The summed E-state index contributed by atoms with van der Waals surface area (Å²) in [6, 6.07) is 0. The lowest BCUT2D eigenvalue weighted by molar-refractivity contribution is -0.137. The summed E-state index contributed by atoms with van der Waals surface area (Å²) in [6.07, 6.45) is 8.20. The average molecular weight is 303 g/mol. The fraction of sp³-hybridized carbons (Fsp3) is 0.938. The fourth-order valence-corrected chi connectivity index (χ4v) is 2.89. The van der Waals surface area contributed by atoms with Gasteiger partial charge in [0.2, 0.25) is 0 Å². The molecule has 0 unspecified atom stereocenters. The molecule has 1 N–H and O–H groups in total. The maximum absolute atomic E-state index is 10.3. The number of carbonyl (C=O) groups is 1. The Morgan fingerprint density at radius 1 is 0.950 bits per heavy atom. The molecule has 0 aliphatic rings. The second kappa shape index (κ2) is 9.56. The van der Waals surface area contributed by atoms with Crippen LogP contribution in [0.4, 0.5) is 0 Å². The Bertz CT molecular complexity index is 269. The van der Waals surface area contributed by atoms with E-state index in [-0.39, 0.29) is 0 Å². The molecule has 0 aromatic rings. The number of carboxylic acids is 1. The normalized spacial score (nSPS) is 12.7. The highest BCUT2D eigenvalue weighted by Gasteiger charge is 2.36. The van der Waals surface area contributed by atoms with E-state index >= 15 is 0 Å². The quantitative estimate of drug-likeness (QED) is 0.421. The second-order valence-corrected chi connectivity index (χ2v) is 12.0. The van der Waals surface area contributed by atoms with Crippen LogP contribution in [0.2, 0.25) is 18.1 Å². The minimum Gasteiger partial charge on any atom is -0.481 e. The fourth-order valence-electron chi connectivity index (χ4n) is 1.81. The van der Waals surface area contributed by atoms with Crippen LogP contribution in [0.25, 0.3) is 0 Å². The van der Waals surface area contributed by atoms with Gasteiger partial charge in [0.15, 0.2) is 8.32 Å². The lowest BCUT2D eigenvalue weighted by Gasteiger charge is -2.36. The molecule has 120 valence electrons. The van der Waals surface area contributed by atoms with Crippen LogP contribution in [0.15, 0.2) is 0 Å². The third kappa shape index (κ3) is 9.53. The Labute approximate surface area is 126 Å². The van der Waals surface area contributed by atoms with Gasteiger partial charge in [-0.3, -0.25) is 4.79 Å². The molecule has 3 nitrogen and oxygen atoms in total. The molecule has 0 amide bonds. The molecule has 0 aliphatic carbocycles. The minimum absolute atomic E-state index is 0.303. The van der Waals surface area contributed by atoms with Crippen LogP contribution in [0.3, 0.4) is 0 Å². The van der Waals surface area contributed by atoms with E-state index in [1.807, 2.05) is 0 Å². The first-order valence-electron chi connectivity index (χ1n) is 8.02. The number of carboxylic acid groups (broad SMARTS) is 1. The van der Waals surface area contributed by atoms with Gasteiger partial charge in [0.1, 0.15) is 0 Å². The first-order chi connectivity index (χ1) is 9.17. The number of hydrogen-bond acceptors (Lipinski definition) is 2. The van der Waals surface area contributed by atoms with Crippen molar-refractivity contribution in [2.75, 3.05) is 6.61 Å². The highest BCUT2D eigenvalue weighted by Crippen LogP contribution is 2.36. The van der Waals surface area contributed by atoms with Crippen LogP contribution < -0.4 is 0 Å². The van der Waals surface area contributed by atoms with E-state index in [1.165, 1.54) is 19.3 Å². The zero-order valence-corrected chi connectivity index (χ0v) is 15.1. The van der Waals surface area contributed by atoms with Crippen molar-refractivity contribution < 1.29 is 14.3 Å². The van der Waals surface area contributed by atoms with E-state index in [0.29, 0.717) is 11.5 Å². The predicted molar refractivity (Wildman–Crippen MR) is 87.7 cm³/mol. The van der Waals surface area contributed by atoms with Crippen LogP contribution in [0.5, 0.6) is 0 Å². The highest BCUT2D eigenvalue weighted by atomic mass is 28.4. The topological polar surface area (TPSA) is 46.5 Å². The summed E-state index contributed by atoms with van der Waals surface area (Å²) in [5.41, 5.74) is 0. The Morgan fingerprint density at radius 2 is 1.40 bits per heavy atom. The van der Waals surface area contributed by atoms with Gasteiger partial charge in [0, 0.05) is 13.0 Å². The summed E-state index contributed by atoms with van der Waals surface area (Å²) in [5, 5.41) is 8.83. The molecule has 0 spiro atoms. The van der Waals surface area contributed by atoms with Crippen LogP contribution in [0.1, 0.15) is 72.1 Å². The van der Waals surface area contributed by atoms with Gasteiger partial charge in [-0.15, -0.1) is 0 Å². The molecule has 0 aliphatic heterocycles. The van der Waals surface area contributed by atoms with Crippen molar-refractivity contribution in [2.45, 2.75) is 90.3 Å². The Morgan fingerprint density at radius 3 is 1.85 bits per heavy atom. The molecule has 0 heterocycles. The number of rotatable bonds is 11. The molecule has 0 radical (unpaired) electrons. The predicted octanol–water partition coefficient (Wildman–Crippen LogP) is 5.21. The number of hydrogen-bond donors (Lipinski definition) is 1. The van der Waals surface area contributed by atoms with Gasteiger partial charge in [0.05, 0.1) is 0 Å². The van der Waals surface area contributed by atoms with E-state index in [2.05, 4.69) is 33.9 Å². The van der Waals surface area contributed by atoms with Gasteiger partial charge < -0.3 is 9.53 Å². The number of unbranched alkanes of at least 4 members (excludes halogenated alkanes) is 6. The highest BCUT2D eigenvalue weighted by molar-refractivity contribution is 6.74. The number of aliphatic carboxylic acids is 1. The monoisotopic (exact) mass is 302 g/mol. The lowest BCUT2D eigenvalue weighted by atomic mass is 10.1. The van der Waals surface area contributed by atoms with Crippen LogP contribution in [-0.2, 0) is 9.22 Å². The van der Waals surface area contributed by atoms with Crippen molar-refractivity contribution >= 4 is 14.3 Å². The third-order valence-corrected chi connectivity index (χ3v) is 8.84. The van der Waals surface area contributed by atoms with E-state index in [1.54, 1.807) is 0 Å². The molecule has 0 atom stereocenters. The first-order valence-corrected chi connectivity index (χ1v) is 10.9. The standard InChI is InChI=1S/C16H34O3Si/c1-16(2,3)20(4,5)19-14-12-10-8-6-7-9-11-13-15(17)18/h6-14H2,1-5H3,(H,17,18). The molecule has 0 saturated heterocycles. The van der Waals surface area contributed by atoms with E-state index in [0.717, 1.165) is 32.3 Å². The molecule has 0 aromatic heterocycles. The SMILES string of the molecule is CC(C)(C)[Si](C)(C)OCCCCCCCCCC(=O)O. The summed E-state index contributed by atoms with van der Waals surface area (Å²) in [4.78, 5) is 10.3. The molecule has 0 bridgehead atoms. The van der Waals surface area contributed by atoms with Crippen molar-refractivity contribution in [3.05, 3.63) is 0 Å². The zero-order valence-electron chi connectivity index (χ0n) is 14.1. The Hall–Kier alpha value is -0.353. The van der Waals surface area contributed by atoms with Gasteiger partial charge in [0.25, 0.3) is 0 Å². The lowest BCUT2D eigenvalue weighted by Crippen LogP contribution is -2.40. The van der Waals surface area contributed by atoms with Gasteiger partial charge in [-0.2, -0.15) is 0 Å². The maximum Gasteiger partial charge on any atom is 0.303 e. The summed E-state index contributed by atoms with van der Waals surface area (Å²) in [7, 11) is -1.56. The zero-order chi connectivity index (χ0) is 15.6. The van der Waals surface area contributed by atoms with Crippen LogP contribution in [-0.4, -0.2) is 26.0 Å². The van der Waals surface area contributed by atoms with Crippen molar-refractivity contribution in [3.8, 4) is 0 Å². The molecule has 0 saturated carbocycles. The van der Waals surface area contributed by atoms with Gasteiger partial charge in [-0.25, -0.2) is 0 Å². The van der Waals surface area contributed by atoms with Crippen LogP contribution >= 0.6 is 0 Å². The molecule has 20 heavy (non-hydrogen) atoms. The summed E-state index contributed by atoms with van der Waals surface area (Å²) in [5.74, 6) is -0.673. The van der Waals surface area contributed by atoms with Crippen molar-refractivity contribution in [1.29, 1.82) is 0 Å². The molecule has 0 aromatic carbocycles. The van der Waals surface area contributed by atoms with E-state index < -0.39 is 14.3 Å². The summed E-state index contributed by atoms with van der Waals surface area (Å²) >= 11 is 0. The van der Waals surface area contributed by atoms with Crippen molar-refractivity contribution in [1.82, 2.24) is 0 Å². The average Bonchev–Trinajstić information content (AvgIpc) is 2.29. The van der Waals surface area contributed by atoms with E-state index in [4.69, 9.17) is 9.53 Å². The summed E-state index contributed by atoms with van der Waals surface area (Å²) in [6.45, 7) is 12.3. The molecular weight excluding hydrogens is 268 g/mol.